The fourth-order valence-corrected chi connectivity index (χ4v) is 2.29. The summed E-state index contributed by atoms with van der Waals surface area (Å²) in [4.78, 5) is 11.3. The van der Waals surface area contributed by atoms with Gasteiger partial charge in [0.05, 0.1) is 20.3 Å². The number of ether oxygens (including phenoxy) is 2. The minimum Gasteiger partial charge on any atom is -0.496 e. The number of methoxy groups -OCH3 is 2. The number of hydrogen-bond acceptors (Lipinski definition) is 4. The molecule has 0 aliphatic heterocycles. The van der Waals surface area contributed by atoms with Gasteiger partial charge < -0.3 is 14.6 Å². The molecule has 0 saturated carbocycles. The Balaban J connectivity index is 2.90. The average Bonchev–Trinajstić information content (AvgIpc) is 2.52. The lowest BCUT2D eigenvalue weighted by molar-refractivity contribution is -0.140. The molecule has 0 bridgehead atoms. The minimum absolute atomic E-state index is 0.267. The molecule has 1 atom stereocenters. The zero-order chi connectivity index (χ0) is 15.7. The van der Waals surface area contributed by atoms with Gasteiger partial charge in [0.15, 0.2) is 0 Å². The highest BCUT2D eigenvalue weighted by atomic mass is 16.5. The maximum Gasteiger partial charge on any atom is 0.305 e. The molecule has 0 aliphatic rings. The van der Waals surface area contributed by atoms with Crippen LogP contribution in [0.5, 0.6) is 5.75 Å². The second-order valence-electron chi connectivity index (χ2n) is 4.84. The van der Waals surface area contributed by atoms with Crippen LogP contribution in [0.2, 0.25) is 0 Å². The van der Waals surface area contributed by atoms with Crippen LogP contribution in [0.3, 0.4) is 0 Å². The van der Waals surface area contributed by atoms with E-state index < -0.39 is 6.10 Å². The van der Waals surface area contributed by atoms with Gasteiger partial charge in [-0.1, -0.05) is 18.2 Å². The van der Waals surface area contributed by atoms with E-state index in [4.69, 9.17) is 4.74 Å². The minimum atomic E-state index is -0.562. The summed E-state index contributed by atoms with van der Waals surface area (Å²) in [6, 6.07) is 5.58. The Morgan fingerprint density at radius 2 is 2.19 bits per heavy atom. The van der Waals surface area contributed by atoms with Gasteiger partial charge in [0, 0.05) is 12.0 Å². The van der Waals surface area contributed by atoms with E-state index >= 15 is 0 Å². The van der Waals surface area contributed by atoms with Gasteiger partial charge in [0.25, 0.3) is 0 Å². The van der Waals surface area contributed by atoms with E-state index in [9.17, 15) is 9.90 Å². The second kappa shape index (κ2) is 9.19. The molecule has 1 N–H and O–H groups in total. The molecular weight excluding hydrogens is 268 g/mol. The lowest BCUT2D eigenvalue weighted by Gasteiger charge is -2.18. The molecule has 0 fully saturated rings. The van der Waals surface area contributed by atoms with Gasteiger partial charge in [-0.3, -0.25) is 4.79 Å². The third-order valence-corrected chi connectivity index (χ3v) is 3.44. The molecule has 1 aromatic carbocycles. The molecule has 0 saturated heterocycles. The lowest BCUT2D eigenvalue weighted by atomic mass is 9.95. The van der Waals surface area contributed by atoms with Crippen LogP contribution in [-0.2, 0) is 16.0 Å². The molecule has 116 valence electrons. The first-order chi connectivity index (χ1) is 10.1. The Kier molecular flexibility index (Phi) is 7.54. The van der Waals surface area contributed by atoms with Crippen LogP contribution in [0, 0.1) is 0 Å². The standard InChI is InChI=1S/C17H24O4/c1-4-5-6-9-15(18)13-8-7-10-16(20-2)14(13)11-12-17(19)21-3/h4,7-8,10,15,18H,1,5-6,9,11-12H2,2-3H3. The molecule has 1 aromatic rings. The maximum absolute atomic E-state index is 11.3. The highest BCUT2D eigenvalue weighted by Gasteiger charge is 2.17. The van der Waals surface area contributed by atoms with Crippen molar-refractivity contribution in [2.24, 2.45) is 0 Å². The summed E-state index contributed by atoms with van der Waals surface area (Å²) in [6.07, 6.45) is 4.44. The number of esters is 1. The van der Waals surface area contributed by atoms with Crippen molar-refractivity contribution in [3.05, 3.63) is 42.0 Å². The van der Waals surface area contributed by atoms with E-state index in [0.717, 1.165) is 24.0 Å². The van der Waals surface area contributed by atoms with Gasteiger partial charge >= 0.3 is 5.97 Å². The number of hydrogen-bond donors (Lipinski definition) is 1. The molecule has 0 radical (unpaired) electrons. The normalized spacial score (nSPS) is 11.8. The monoisotopic (exact) mass is 292 g/mol. The fourth-order valence-electron chi connectivity index (χ4n) is 2.29. The Labute approximate surface area is 126 Å². The molecule has 0 aromatic heterocycles. The molecule has 0 amide bonds. The van der Waals surface area contributed by atoms with E-state index in [0.29, 0.717) is 18.6 Å². The highest BCUT2D eigenvalue weighted by Crippen LogP contribution is 2.30. The van der Waals surface area contributed by atoms with Crippen molar-refractivity contribution >= 4 is 5.97 Å². The number of benzene rings is 1. The Morgan fingerprint density at radius 3 is 2.81 bits per heavy atom. The summed E-state index contributed by atoms with van der Waals surface area (Å²) in [5.41, 5.74) is 1.69. The molecule has 0 heterocycles. The van der Waals surface area contributed by atoms with Crippen molar-refractivity contribution in [2.75, 3.05) is 14.2 Å². The average molecular weight is 292 g/mol. The first-order valence-electron chi connectivity index (χ1n) is 7.15. The molecule has 0 spiro atoms. The molecule has 4 nitrogen and oxygen atoms in total. The smallest absolute Gasteiger partial charge is 0.305 e. The predicted molar refractivity (Wildman–Crippen MR) is 82.3 cm³/mol. The van der Waals surface area contributed by atoms with Crippen molar-refractivity contribution in [2.45, 2.75) is 38.2 Å². The predicted octanol–water partition coefficient (Wildman–Crippen LogP) is 3.19. The summed E-state index contributed by atoms with van der Waals surface area (Å²) in [5.74, 6) is 0.423. The molecule has 0 aliphatic carbocycles. The van der Waals surface area contributed by atoms with E-state index in [1.54, 1.807) is 7.11 Å². The summed E-state index contributed by atoms with van der Waals surface area (Å²) in [7, 11) is 2.96. The summed E-state index contributed by atoms with van der Waals surface area (Å²) >= 11 is 0. The fraction of sp³-hybridized carbons (Fsp3) is 0.471. The summed E-state index contributed by atoms with van der Waals surface area (Å²) in [6.45, 7) is 3.68. The number of allylic oxidation sites excluding steroid dienone is 1. The molecule has 1 unspecified atom stereocenters. The Hall–Kier alpha value is -1.81. The molecule has 1 rings (SSSR count). The first kappa shape index (κ1) is 17.2. The second-order valence-corrected chi connectivity index (χ2v) is 4.84. The van der Waals surface area contributed by atoms with E-state index in [2.05, 4.69) is 11.3 Å². The van der Waals surface area contributed by atoms with Gasteiger partial charge in [0.1, 0.15) is 5.75 Å². The Morgan fingerprint density at radius 1 is 1.43 bits per heavy atom. The summed E-state index contributed by atoms with van der Waals surface area (Å²) in [5, 5.41) is 10.4. The van der Waals surface area contributed by atoms with Crippen molar-refractivity contribution in [3.8, 4) is 5.75 Å². The van der Waals surface area contributed by atoms with Crippen LogP contribution in [0.1, 0.15) is 42.9 Å². The van der Waals surface area contributed by atoms with Crippen molar-refractivity contribution in [1.82, 2.24) is 0 Å². The molecule has 4 heteroatoms. The number of carbonyl (C=O) groups is 1. The van der Waals surface area contributed by atoms with Crippen LogP contribution < -0.4 is 4.74 Å². The zero-order valence-corrected chi connectivity index (χ0v) is 12.8. The number of rotatable bonds is 9. The lowest BCUT2D eigenvalue weighted by Crippen LogP contribution is -2.08. The van der Waals surface area contributed by atoms with E-state index in [-0.39, 0.29) is 12.4 Å². The SMILES string of the molecule is C=CCCCC(O)c1cccc(OC)c1CCC(=O)OC. The van der Waals surface area contributed by atoms with Crippen LogP contribution in [0.15, 0.2) is 30.9 Å². The van der Waals surface area contributed by atoms with Crippen LogP contribution >= 0.6 is 0 Å². The van der Waals surface area contributed by atoms with Gasteiger partial charge in [-0.05, 0) is 37.3 Å². The van der Waals surface area contributed by atoms with Crippen LogP contribution in [0.25, 0.3) is 0 Å². The van der Waals surface area contributed by atoms with Crippen molar-refractivity contribution in [3.63, 3.8) is 0 Å². The third-order valence-electron chi connectivity index (χ3n) is 3.44. The number of unbranched alkanes of at least 4 members (excludes halogenated alkanes) is 1. The summed E-state index contributed by atoms with van der Waals surface area (Å²) < 4.78 is 10.0. The number of aliphatic hydroxyl groups is 1. The largest absolute Gasteiger partial charge is 0.496 e. The molecule has 21 heavy (non-hydrogen) atoms. The quantitative estimate of drug-likeness (QED) is 0.431. The van der Waals surface area contributed by atoms with Crippen LogP contribution in [0.4, 0.5) is 0 Å². The highest BCUT2D eigenvalue weighted by molar-refractivity contribution is 5.69. The third kappa shape index (κ3) is 5.23. The van der Waals surface area contributed by atoms with Gasteiger partial charge in [-0.25, -0.2) is 0 Å². The Bertz CT molecular complexity index is 468. The topological polar surface area (TPSA) is 55.8 Å². The van der Waals surface area contributed by atoms with Gasteiger partial charge in [-0.15, -0.1) is 6.58 Å². The molecular formula is C17H24O4. The number of aliphatic hydroxyl groups excluding tert-OH is 1. The van der Waals surface area contributed by atoms with Crippen molar-refractivity contribution < 1.29 is 19.4 Å². The van der Waals surface area contributed by atoms with Crippen LogP contribution in [-0.4, -0.2) is 25.3 Å². The van der Waals surface area contributed by atoms with E-state index in [1.807, 2.05) is 24.3 Å². The first-order valence-corrected chi connectivity index (χ1v) is 7.15. The maximum atomic E-state index is 11.3. The van der Waals surface area contributed by atoms with Gasteiger partial charge in [-0.2, -0.15) is 0 Å². The zero-order valence-electron chi connectivity index (χ0n) is 12.8. The van der Waals surface area contributed by atoms with Crippen molar-refractivity contribution in [1.29, 1.82) is 0 Å². The van der Waals surface area contributed by atoms with Gasteiger partial charge in [0.2, 0.25) is 0 Å². The number of carbonyl (C=O) groups excluding carboxylic acids is 1. The van der Waals surface area contributed by atoms with E-state index in [1.165, 1.54) is 7.11 Å².